The molecule has 0 aromatic carbocycles. The fourth-order valence-corrected chi connectivity index (χ4v) is 1.66. The van der Waals surface area contributed by atoms with Gasteiger partial charge in [-0.15, -0.1) is 5.01 Å². The molecule has 0 saturated carbocycles. The van der Waals surface area contributed by atoms with Gasteiger partial charge in [-0.05, 0) is 12.8 Å². The molecule has 21 heavy (non-hydrogen) atoms. The number of likely N-dealkylation sites (tertiary alicyclic amines) is 1. The van der Waals surface area contributed by atoms with Crippen LogP contribution in [0.3, 0.4) is 0 Å². The lowest BCUT2D eigenvalue weighted by atomic mass is 10.2. The molecule has 1 heterocycles. The number of rotatable bonds is 9. The fraction of sp³-hybridized carbons (Fsp3) is 0.727. The van der Waals surface area contributed by atoms with E-state index < -0.39 is 5.97 Å². The number of nitrogens with zero attached hydrogens (tertiary/aromatic N) is 4. The Balaban J connectivity index is 2.26. The second kappa shape index (κ2) is 8.02. The van der Waals surface area contributed by atoms with Crippen LogP contribution < -0.4 is 0 Å². The molecule has 0 bridgehead atoms. The van der Waals surface area contributed by atoms with Gasteiger partial charge >= 0.3 is 5.97 Å². The van der Waals surface area contributed by atoms with Crippen molar-refractivity contribution in [2.24, 2.45) is 5.28 Å². The monoisotopic (exact) mass is 302 g/mol. The van der Waals surface area contributed by atoms with E-state index in [1.165, 1.54) is 12.1 Å². The zero-order chi connectivity index (χ0) is 15.8. The Bertz CT molecular complexity index is 422. The highest BCUT2D eigenvalue weighted by molar-refractivity contribution is 6.01. The van der Waals surface area contributed by atoms with Crippen LogP contribution in [0.5, 0.6) is 0 Å². The van der Waals surface area contributed by atoms with E-state index in [0.29, 0.717) is 19.4 Å². The summed E-state index contributed by atoms with van der Waals surface area (Å²) in [7, 11) is 1.47. The number of hydrogen-bond donors (Lipinski definition) is 1. The summed E-state index contributed by atoms with van der Waals surface area (Å²) in [5.74, 6) is -1.59. The van der Waals surface area contributed by atoms with Crippen LogP contribution in [0.1, 0.15) is 32.1 Å². The summed E-state index contributed by atoms with van der Waals surface area (Å²) >= 11 is 0. The minimum atomic E-state index is -0.885. The number of unbranched alkanes of at least 4 members (excludes halogenated alkanes) is 1. The third-order valence-corrected chi connectivity index (χ3v) is 2.88. The van der Waals surface area contributed by atoms with E-state index in [2.05, 4.69) is 10.1 Å². The maximum absolute atomic E-state index is 11.5. The van der Waals surface area contributed by atoms with Gasteiger partial charge in [-0.2, -0.15) is 0 Å². The highest BCUT2D eigenvalue weighted by Crippen LogP contribution is 2.11. The lowest BCUT2D eigenvalue weighted by molar-refractivity contribution is -0.705. The molecule has 0 aliphatic carbocycles. The van der Waals surface area contributed by atoms with Crippen molar-refractivity contribution in [3.8, 4) is 0 Å². The van der Waals surface area contributed by atoms with Gasteiger partial charge in [0.25, 0.3) is 0 Å². The predicted octanol–water partition coefficient (Wildman–Crippen LogP) is 0.0887. The van der Waals surface area contributed by atoms with Gasteiger partial charge in [-0.25, -0.2) is 4.90 Å². The first-order valence-electron chi connectivity index (χ1n) is 6.48. The maximum atomic E-state index is 11.5. The van der Waals surface area contributed by atoms with Crippen LogP contribution in [0.4, 0.5) is 0 Å². The quantitative estimate of drug-likeness (QED) is 0.210. The summed E-state index contributed by atoms with van der Waals surface area (Å²) in [6.45, 7) is -0.0749. The molecule has 10 nitrogen and oxygen atoms in total. The molecule has 1 rings (SSSR count). The van der Waals surface area contributed by atoms with E-state index in [0.717, 1.165) is 4.90 Å². The van der Waals surface area contributed by atoms with Crippen molar-refractivity contribution < 1.29 is 29.3 Å². The molecule has 1 saturated heterocycles. The van der Waals surface area contributed by atoms with E-state index in [9.17, 15) is 19.6 Å². The molecule has 0 aromatic heterocycles. The van der Waals surface area contributed by atoms with Crippen molar-refractivity contribution in [1.29, 1.82) is 0 Å². The molecular weight excluding hydrogens is 284 g/mol. The number of aliphatic carboxylic acids is 1. The number of amides is 2. The zero-order valence-electron chi connectivity index (χ0n) is 11.7. The number of carbonyl (C=O) groups is 3. The Labute approximate surface area is 121 Å². The summed E-state index contributed by atoms with van der Waals surface area (Å²) in [5, 5.41) is 24.3. The summed E-state index contributed by atoms with van der Waals surface area (Å²) in [5.41, 5.74) is 0. The number of carbonyl (C=O) groups excluding carboxylic acids is 2. The Morgan fingerprint density at radius 1 is 1.43 bits per heavy atom. The minimum Gasteiger partial charge on any atom is -0.569 e. The molecule has 2 amide bonds. The molecule has 1 N–H and O–H groups in total. The van der Waals surface area contributed by atoms with Gasteiger partial charge in [0.2, 0.25) is 23.8 Å². The summed E-state index contributed by atoms with van der Waals surface area (Å²) < 4.78 is 0. The molecule has 118 valence electrons. The number of hydrazine groups is 1. The summed E-state index contributed by atoms with van der Waals surface area (Å²) in [4.78, 5) is 38.6. The Hall–Kier alpha value is -2.39. The van der Waals surface area contributed by atoms with E-state index >= 15 is 0 Å². The van der Waals surface area contributed by atoms with E-state index in [1.807, 2.05) is 0 Å². The van der Waals surface area contributed by atoms with Crippen LogP contribution in [0, 0.1) is 5.21 Å². The third kappa shape index (κ3) is 5.63. The number of hydrogen-bond acceptors (Lipinski definition) is 6. The van der Waals surface area contributed by atoms with Crippen molar-refractivity contribution in [2.75, 3.05) is 20.3 Å². The van der Waals surface area contributed by atoms with Crippen molar-refractivity contribution in [3.63, 3.8) is 0 Å². The van der Waals surface area contributed by atoms with Crippen molar-refractivity contribution in [1.82, 2.24) is 9.91 Å². The van der Waals surface area contributed by atoms with E-state index in [4.69, 9.17) is 5.11 Å². The number of carboxylic acids is 1. The van der Waals surface area contributed by atoms with Gasteiger partial charge in [0, 0.05) is 19.3 Å². The first-order chi connectivity index (χ1) is 9.91. The van der Waals surface area contributed by atoms with E-state index in [-0.39, 0.29) is 42.8 Å². The molecular formula is C11H18N4O6. The molecule has 0 aromatic rings. The van der Waals surface area contributed by atoms with Gasteiger partial charge in [-0.1, -0.05) is 0 Å². The van der Waals surface area contributed by atoms with Crippen molar-refractivity contribution in [3.05, 3.63) is 5.21 Å². The van der Waals surface area contributed by atoms with Gasteiger partial charge < -0.3 is 15.2 Å². The van der Waals surface area contributed by atoms with Crippen LogP contribution in [0.25, 0.3) is 0 Å². The highest BCUT2D eigenvalue weighted by atomic mass is 16.7. The lowest BCUT2D eigenvalue weighted by Crippen LogP contribution is -2.32. The molecule has 0 unspecified atom stereocenters. The highest BCUT2D eigenvalue weighted by Gasteiger charge is 2.29. The van der Waals surface area contributed by atoms with Gasteiger partial charge in [-0.3, -0.25) is 14.4 Å². The summed E-state index contributed by atoms with van der Waals surface area (Å²) in [6.07, 6.45) is 1.30. The first kappa shape index (κ1) is 16.7. The van der Waals surface area contributed by atoms with Crippen LogP contribution in [0.2, 0.25) is 0 Å². The minimum absolute atomic E-state index is 0.0412. The zero-order valence-corrected chi connectivity index (χ0v) is 11.7. The second-order valence-electron chi connectivity index (χ2n) is 4.54. The van der Waals surface area contributed by atoms with Crippen LogP contribution in [0.15, 0.2) is 5.28 Å². The van der Waals surface area contributed by atoms with Gasteiger partial charge in [0.15, 0.2) is 0 Å². The molecule has 1 aliphatic heterocycles. The predicted molar refractivity (Wildman–Crippen MR) is 67.2 cm³/mol. The third-order valence-electron chi connectivity index (χ3n) is 2.88. The fourth-order valence-electron chi connectivity index (χ4n) is 1.66. The van der Waals surface area contributed by atoms with Crippen LogP contribution >= 0.6 is 0 Å². The average molecular weight is 302 g/mol. The molecule has 1 fully saturated rings. The second-order valence-corrected chi connectivity index (χ2v) is 4.54. The van der Waals surface area contributed by atoms with Crippen molar-refractivity contribution in [2.45, 2.75) is 32.1 Å². The molecule has 0 radical (unpaired) electrons. The van der Waals surface area contributed by atoms with Crippen LogP contribution in [-0.2, 0) is 19.2 Å². The number of carboxylic acid groups (broad SMARTS) is 1. The maximum Gasteiger partial charge on any atom is 0.303 e. The molecule has 1 aliphatic rings. The van der Waals surface area contributed by atoms with Gasteiger partial charge in [0.1, 0.15) is 0 Å². The molecule has 0 atom stereocenters. The average Bonchev–Trinajstić information content (AvgIpc) is 2.74. The summed E-state index contributed by atoms with van der Waals surface area (Å²) in [6, 6.07) is 0. The van der Waals surface area contributed by atoms with E-state index in [1.54, 1.807) is 0 Å². The number of imide groups is 1. The Kier molecular flexibility index (Phi) is 6.37. The topological polar surface area (TPSA) is 126 Å². The normalized spacial score (nSPS) is 15.5. The Morgan fingerprint density at radius 2 is 2.05 bits per heavy atom. The van der Waals surface area contributed by atoms with Crippen LogP contribution in [-0.4, -0.2) is 58.1 Å². The van der Waals surface area contributed by atoms with Gasteiger partial charge in [0.05, 0.1) is 18.6 Å². The largest absolute Gasteiger partial charge is 0.569 e. The smallest absolute Gasteiger partial charge is 0.303 e. The lowest BCUT2D eigenvalue weighted by Gasteiger charge is -2.13. The molecule has 0 spiro atoms. The molecule has 10 heteroatoms. The Morgan fingerprint density at radius 3 is 2.62 bits per heavy atom. The van der Waals surface area contributed by atoms with Crippen molar-refractivity contribution >= 4 is 17.8 Å². The first-order valence-corrected chi connectivity index (χ1v) is 6.48. The SMILES string of the molecule is CN(CCCCC(=O)O)[N+]([O-])=NOCN1C(=O)CCC1=O. The standard InChI is InChI=1S/C11H18N4O6/c1-13(7-3-2-4-11(18)19)15(20)12-21-8-14-9(16)5-6-10(14)17/h2-8H2,1H3,(H,18,19).